The maximum atomic E-state index is 13.9. The number of rotatable bonds is 7. The van der Waals surface area contributed by atoms with Crippen LogP contribution in [0.4, 0.5) is 0 Å². The van der Waals surface area contributed by atoms with E-state index in [2.05, 4.69) is 5.32 Å². The number of aliphatic hydroxyl groups is 1. The minimum Gasteiger partial charge on any atom is -0.395 e. The van der Waals surface area contributed by atoms with Crippen molar-refractivity contribution in [1.29, 1.82) is 0 Å². The Morgan fingerprint density at radius 1 is 0.580 bits per heavy atom. The molecule has 274 valence electrons. The van der Waals surface area contributed by atoms with Gasteiger partial charge in [0.15, 0.2) is 0 Å². The third-order valence-corrected chi connectivity index (χ3v) is 14.5. The SMILES string of the molecule is Cc1ccc(S(=O)(=O)N2CCCCN(S(=O)(=O)c3ccc(C)cc3)CCCN(S(=O)(=O)c3ccc(C)cc3)[C@H](CO)CC(=O)NCCC2)cc1. The second kappa shape index (κ2) is 17.4. The molecule has 0 unspecified atom stereocenters. The molecular formula is C35H48N4O8S3. The molecule has 0 spiro atoms. The minimum atomic E-state index is -4.20. The van der Waals surface area contributed by atoms with Gasteiger partial charge in [-0.3, -0.25) is 4.79 Å². The van der Waals surface area contributed by atoms with Crippen molar-refractivity contribution in [3.05, 3.63) is 89.5 Å². The van der Waals surface area contributed by atoms with E-state index in [-0.39, 0.29) is 73.2 Å². The van der Waals surface area contributed by atoms with Crippen LogP contribution in [0, 0.1) is 20.8 Å². The van der Waals surface area contributed by atoms with Crippen LogP contribution in [0.5, 0.6) is 0 Å². The first-order chi connectivity index (χ1) is 23.7. The molecule has 0 aromatic heterocycles. The highest BCUT2D eigenvalue weighted by Gasteiger charge is 2.34. The lowest BCUT2D eigenvalue weighted by Crippen LogP contribution is -2.46. The maximum Gasteiger partial charge on any atom is 0.243 e. The van der Waals surface area contributed by atoms with Gasteiger partial charge in [-0.1, -0.05) is 53.1 Å². The number of hydrogen-bond acceptors (Lipinski definition) is 8. The van der Waals surface area contributed by atoms with Crippen molar-refractivity contribution in [3.63, 3.8) is 0 Å². The molecule has 15 heteroatoms. The average molecular weight is 749 g/mol. The zero-order valence-electron chi connectivity index (χ0n) is 28.9. The smallest absolute Gasteiger partial charge is 0.243 e. The van der Waals surface area contributed by atoms with E-state index < -0.39 is 48.6 Å². The zero-order chi connectivity index (χ0) is 36.5. The van der Waals surface area contributed by atoms with Gasteiger partial charge in [-0.2, -0.15) is 12.9 Å². The van der Waals surface area contributed by atoms with Gasteiger partial charge in [0.25, 0.3) is 0 Å². The number of nitrogens with one attached hydrogen (secondary N) is 1. The number of aliphatic hydroxyl groups excluding tert-OH is 1. The number of nitrogens with zero attached hydrogens (tertiary/aromatic N) is 3. The van der Waals surface area contributed by atoms with E-state index in [1.165, 1.54) is 32.9 Å². The lowest BCUT2D eigenvalue weighted by atomic mass is 10.2. The Morgan fingerprint density at radius 3 is 1.38 bits per heavy atom. The van der Waals surface area contributed by atoms with Gasteiger partial charge >= 0.3 is 0 Å². The van der Waals surface area contributed by atoms with Crippen molar-refractivity contribution >= 4 is 36.0 Å². The quantitative estimate of drug-likeness (QED) is 0.372. The van der Waals surface area contributed by atoms with E-state index in [1.807, 2.05) is 20.8 Å². The van der Waals surface area contributed by atoms with Gasteiger partial charge in [0.1, 0.15) is 0 Å². The second-order valence-corrected chi connectivity index (χ2v) is 18.4. The summed E-state index contributed by atoms with van der Waals surface area (Å²) in [6, 6.07) is 18.1. The highest BCUT2D eigenvalue weighted by molar-refractivity contribution is 7.89. The molecule has 12 nitrogen and oxygen atoms in total. The van der Waals surface area contributed by atoms with E-state index >= 15 is 0 Å². The van der Waals surface area contributed by atoms with Crippen LogP contribution >= 0.6 is 0 Å². The van der Waals surface area contributed by atoms with Crippen molar-refractivity contribution in [2.24, 2.45) is 0 Å². The third-order valence-electron chi connectivity index (χ3n) is 8.74. The fraction of sp³-hybridized carbons (Fsp3) is 0.457. The van der Waals surface area contributed by atoms with E-state index in [0.29, 0.717) is 12.8 Å². The van der Waals surface area contributed by atoms with E-state index in [1.54, 1.807) is 48.5 Å². The number of aryl methyl sites for hydroxylation is 3. The summed E-state index contributed by atoms with van der Waals surface area (Å²) in [6.07, 6.45) is 0.699. The van der Waals surface area contributed by atoms with Crippen LogP contribution < -0.4 is 5.32 Å². The number of carbonyl (C=O) groups excluding carboxylic acids is 1. The van der Waals surface area contributed by atoms with Crippen LogP contribution in [0.2, 0.25) is 0 Å². The van der Waals surface area contributed by atoms with Gasteiger partial charge in [-0.15, -0.1) is 0 Å². The van der Waals surface area contributed by atoms with Gasteiger partial charge in [0.05, 0.1) is 27.3 Å². The van der Waals surface area contributed by atoms with Crippen LogP contribution in [-0.2, 0) is 34.9 Å². The number of carbonyl (C=O) groups is 1. The van der Waals surface area contributed by atoms with Crippen LogP contribution in [-0.4, -0.2) is 101 Å². The van der Waals surface area contributed by atoms with Crippen LogP contribution in [0.3, 0.4) is 0 Å². The van der Waals surface area contributed by atoms with Crippen LogP contribution in [0.15, 0.2) is 87.5 Å². The zero-order valence-corrected chi connectivity index (χ0v) is 31.3. The van der Waals surface area contributed by atoms with E-state index in [4.69, 9.17) is 0 Å². The molecule has 0 radical (unpaired) electrons. The molecule has 1 aliphatic rings. The minimum absolute atomic E-state index is 0.00754. The van der Waals surface area contributed by atoms with Crippen LogP contribution in [0.25, 0.3) is 0 Å². The molecule has 50 heavy (non-hydrogen) atoms. The number of hydrogen-bond donors (Lipinski definition) is 2. The van der Waals surface area contributed by atoms with E-state index in [9.17, 15) is 35.2 Å². The third kappa shape index (κ3) is 9.99. The summed E-state index contributed by atoms with van der Waals surface area (Å²) < 4.78 is 86.8. The van der Waals surface area contributed by atoms with Gasteiger partial charge in [0.2, 0.25) is 36.0 Å². The van der Waals surface area contributed by atoms with Gasteiger partial charge < -0.3 is 10.4 Å². The number of amides is 1. The topological polar surface area (TPSA) is 161 Å². The van der Waals surface area contributed by atoms with Crippen molar-refractivity contribution in [1.82, 2.24) is 18.2 Å². The highest BCUT2D eigenvalue weighted by atomic mass is 32.2. The average Bonchev–Trinajstić information content (AvgIpc) is 3.07. The highest BCUT2D eigenvalue weighted by Crippen LogP contribution is 2.24. The summed E-state index contributed by atoms with van der Waals surface area (Å²) in [6.45, 7) is 5.12. The summed E-state index contributed by atoms with van der Waals surface area (Å²) in [5.74, 6) is -0.506. The lowest BCUT2D eigenvalue weighted by molar-refractivity contribution is -0.122. The van der Waals surface area contributed by atoms with Crippen LogP contribution in [0.1, 0.15) is 48.8 Å². The van der Waals surface area contributed by atoms with Crippen molar-refractivity contribution in [2.75, 3.05) is 45.9 Å². The van der Waals surface area contributed by atoms with Crippen molar-refractivity contribution < 1.29 is 35.2 Å². The first kappa shape index (κ1) is 39.6. The summed E-state index contributed by atoms with van der Waals surface area (Å²) in [7, 11) is -12.1. The molecule has 1 atom stereocenters. The fourth-order valence-electron chi connectivity index (χ4n) is 5.77. The summed E-state index contributed by atoms with van der Waals surface area (Å²) in [5.41, 5.74) is 2.66. The molecule has 0 saturated carbocycles. The Hall–Kier alpha value is -3.18. The molecule has 1 saturated heterocycles. The van der Waals surface area contributed by atoms with E-state index in [0.717, 1.165) is 21.0 Å². The predicted octanol–water partition coefficient (Wildman–Crippen LogP) is 3.43. The Balaban J connectivity index is 1.67. The van der Waals surface area contributed by atoms with Gasteiger partial charge in [0, 0.05) is 45.7 Å². The fourth-order valence-corrected chi connectivity index (χ4v) is 10.5. The first-order valence-corrected chi connectivity index (χ1v) is 21.1. The Labute approximate surface area is 297 Å². The number of benzene rings is 3. The molecule has 1 aliphatic heterocycles. The molecular weight excluding hydrogens is 701 g/mol. The van der Waals surface area contributed by atoms with Gasteiger partial charge in [-0.05, 0) is 82.9 Å². The lowest BCUT2D eigenvalue weighted by Gasteiger charge is -2.30. The molecule has 1 heterocycles. The largest absolute Gasteiger partial charge is 0.395 e. The maximum absolute atomic E-state index is 13.9. The van der Waals surface area contributed by atoms with Crippen molar-refractivity contribution in [3.8, 4) is 0 Å². The second-order valence-electron chi connectivity index (χ2n) is 12.7. The summed E-state index contributed by atoms with van der Waals surface area (Å²) in [4.78, 5) is 13.3. The number of sulfonamides is 3. The monoisotopic (exact) mass is 748 g/mol. The summed E-state index contributed by atoms with van der Waals surface area (Å²) >= 11 is 0. The molecule has 1 fully saturated rings. The molecule has 0 bridgehead atoms. The normalized spacial score (nSPS) is 19.4. The standard InChI is InChI=1S/C35H48N4O8S3/c1-28-8-14-32(15-9-28)48(42,43)37-21-4-5-22-38(49(44,45)33-16-10-29(2)11-17-33)24-7-25-39(31(27-40)26-35(41)36-20-6-23-37)50(46,47)34-18-12-30(3)13-19-34/h8-19,31,40H,4-7,20-27H2,1-3H3,(H,36,41)/t31-/m0/s1. The Kier molecular flexibility index (Phi) is 13.7. The molecule has 2 N–H and O–H groups in total. The molecule has 3 aromatic rings. The molecule has 1 amide bonds. The summed E-state index contributed by atoms with van der Waals surface area (Å²) in [5, 5.41) is 13.1. The molecule has 0 aliphatic carbocycles. The molecule has 3 aromatic carbocycles. The van der Waals surface area contributed by atoms with Crippen molar-refractivity contribution in [2.45, 2.75) is 73.6 Å². The Bertz CT molecular complexity index is 1900. The van der Waals surface area contributed by atoms with Gasteiger partial charge in [-0.25, -0.2) is 25.3 Å². The Morgan fingerprint density at radius 2 is 0.960 bits per heavy atom. The predicted molar refractivity (Wildman–Crippen MR) is 192 cm³/mol. The first-order valence-electron chi connectivity index (χ1n) is 16.8. The molecule has 4 rings (SSSR count).